The number of carbonyl (C=O) groups is 2. The number of carboxylic acids is 1. The molecule has 0 radical (unpaired) electrons. The molecule has 0 aliphatic rings. The quantitative estimate of drug-likeness (QED) is 0.853. The van der Waals surface area contributed by atoms with Crippen molar-refractivity contribution in [3.05, 3.63) is 58.6 Å². The molecule has 0 unspecified atom stereocenters. The van der Waals surface area contributed by atoms with Crippen LogP contribution in [-0.4, -0.2) is 22.0 Å². The van der Waals surface area contributed by atoms with Gasteiger partial charge in [-0.3, -0.25) is 4.79 Å². The third-order valence-electron chi connectivity index (χ3n) is 2.41. The molecule has 20 heavy (non-hydrogen) atoms. The van der Waals surface area contributed by atoms with Crippen LogP contribution in [0.15, 0.2) is 36.4 Å². The number of halogens is 2. The van der Waals surface area contributed by atoms with Gasteiger partial charge in [-0.05, 0) is 30.3 Å². The third kappa shape index (κ3) is 3.10. The third-order valence-corrected chi connectivity index (χ3v) is 2.72. The number of aromatic carboxylic acids is 1. The van der Waals surface area contributed by atoms with E-state index < -0.39 is 17.8 Å². The molecule has 0 saturated carbocycles. The summed E-state index contributed by atoms with van der Waals surface area (Å²) in [6.07, 6.45) is 0. The number of nitrogens with zero attached hydrogens (tertiary/aromatic N) is 1. The first-order valence-corrected chi connectivity index (χ1v) is 5.82. The molecule has 0 fully saturated rings. The van der Waals surface area contributed by atoms with Gasteiger partial charge in [-0.25, -0.2) is 9.78 Å². The van der Waals surface area contributed by atoms with Gasteiger partial charge in [-0.15, -0.1) is 0 Å². The predicted molar refractivity (Wildman–Crippen MR) is 70.6 cm³/mol. The van der Waals surface area contributed by atoms with Gasteiger partial charge >= 0.3 is 5.97 Å². The zero-order valence-electron chi connectivity index (χ0n) is 9.93. The van der Waals surface area contributed by atoms with Crippen molar-refractivity contribution in [3.8, 4) is 0 Å². The fourth-order valence-electron chi connectivity index (χ4n) is 1.47. The molecule has 5 nitrogen and oxygen atoms in total. The van der Waals surface area contributed by atoms with Gasteiger partial charge in [0.15, 0.2) is 0 Å². The first kappa shape index (κ1) is 14.0. The van der Waals surface area contributed by atoms with Crippen LogP contribution < -0.4 is 5.32 Å². The van der Waals surface area contributed by atoms with Crippen LogP contribution in [-0.2, 0) is 0 Å². The molecule has 0 aliphatic carbocycles. The van der Waals surface area contributed by atoms with E-state index in [1.165, 1.54) is 30.3 Å². The summed E-state index contributed by atoms with van der Waals surface area (Å²) in [6.45, 7) is 0. The SMILES string of the molecule is O=C(O)c1ccc(NC(=O)c2cccc(F)n2)c(Cl)c1. The van der Waals surface area contributed by atoms with Crippen LogP contribution in [0.3, 0.4) is 0 Å². The Kier molecular flexibility index (Phi) is 3.95. The molecule has 102 valence electrons. The molecular formula is C13H8ClFN2O3. The van der Waals surface area contributed by atoms with Crippen molar-refractivity contribution in [2.75, 3.05) is 5.32 Å². The molecule has 2 rings (SSSR count). The van der Waals surface area contributed by atoms with Crippen molar-refractivity contribution in [2.45, 2.75) is 0 Å². The number of nitrogens with one attached hydrogen (secondary N) is 1. The lowest BCUT2D eigenvalue weighted by molar-refractivity contribution is 0.0696. The van der Waals surface area contributed by atoms with Gasteiger partial charge in [0, 0.05) is 0 Å². The lowest BCUT2D eigenvalue weighted by Gasteiger charge is -2.07. The number of hydrogen-bond donors (Lipinski definition) is 2. The molecule has 1 aromatic carbocycles. The van der Waals surface area contributed by atoms with E-state index in [4.69, 9.17) is 16.7 Å². The van der Waals surface area contributed by atoms with Gasteiger partial charge in [-0.1, -0.05) is 17.7 Å². The minimum atomic E-state index is -1.13. The summed E-state index contributed by atoms with van der Waals surface area (Å²) in [5.74, 6) is -2.55. The largest absolute Gasteiger partial charge is 0.478 e. The van der Waals surface area contributed by atoms with Crippen molar-refractivity contribution in [2.24, 2.45) is 0 Å². The van der Waals surface area contributed by atoms with E-state index in [9.17, 15) is 14.0 Å². The van der Waals surface area contributed by atoms with Gasteiger partial charge in [0.2, 0.25) is 5.95 Å². The Balaban J connectivity index is 2.22. The van der Waals surface area contributed by atoms with Crippen LogP contribution >= 0.6 is 11.6 Å². The summed E-state index contributed by atoms with van der Waals surface area (Å²) in [4.78, 5) is 26.0. The first-order valence-electron chi connectivity index (χ1n) is 5.44. The molecule has 1 aromatic heterocycles. The number of aromatic nitrogens is 1. The molecule has 2 aromatic rings. The summed E-state index contributed by atoms with van der Waals surface area (Å²) < 4.78 is 12.9. The van der Waals surface area contributed by atoms with Crippen molar-refractivity contribution in [3.63, 3.8) is 0 Å². The minimum absolute atomic E-state index is 0.00289. The Morgan fingerprint density at radius 1 is 1.25 bits per heavy atom. The minimum Gasteiger partial charge on any atom is -0.478 e. The van der Waals surface area contributed by atoms with Gasteiger partial charge < -0.3 is 10.4 Å². The average Bonchev–Trinajstić information content (AvgIpc) is 2.40. The van der Waals surface area contributed by atoms with Crippen molar-refractivity contribution < 1.29 is 19.1 Å². The molecule has 0 spiro atoms. The summed E-state index contributed by atoms with van der Waals surface area (Å²) in [7, 11) is 0. The van der Waals surface area contributed by atoms with E-state index in [0.717, 1.165) is 6.07 Å². The molecule has 0 saturated heterocycles. The van der Waals surface area contributed by atoms with E-state index in [1.54, 1.807) is 0 Å². The summed E-state index contributed by atoms with van der Waals surface area (Å²) in [5.41, 5.74) is 0.105. The number of amides is 1. The molecule has 2 N–H and O–H groups in total. The van der Waals surface area contributed by atoms with Crippen molar-refractivity contribution in [1.29, 1.82) is 0 Å². The van der Waals surface area contributed by atoms with Crippen LogP contribution in [0.1, 0.15) is 20.8 Å². The second kappa shape index (κ2) is 5.66. The monoisotopic (exact) mass is 294 g/mol. The summed E-state index contributed by atoms with van der Waals surface area (Å²) in [5, 5.41) is 11.3. The molecule has 7 heteroatoms. The Morgan fingerprint density at radius 2 is 2.00 bits per heavy atom. The molecule has 1 heterocycles. The maximum absolute atomic E-state index is 12.9. The lowest BCUT2D eigenvalue weighted by Crippen LogP contribution is -2.14. The highest BCUT2D eigenvalue weighted by Gasteiger charge is 2.12. The lowest BCUT2D eigenvalue weighted by atomic mass is 10.2. The number of anilines is 1. The van der Waals surface area contributed by atoms with E-state index in [1.807, 2.05) is 0 Å². The van der Waals surface area contributed by atoms with E-state index >= 15 is 0 Å². The van der Waals surface area contributed by atoms with E-state index in [2.05, 4.69) is 10.3 Å². The highest BCUT2D eigenvalue weighted by Crippen LogP contribution is 2.23. The zero-order chi connectivity index (χ0) is 14.7. The van der Waals surface area contributed by atoms with Crippen molar-refractivity contribution in [1.82, 2.24) is 4.98 Å². The van der Waals surface area contributed by atoms with Crippen LogP contribution in [0.2, 0.25) is 5.02 Å². The topological polar surface area (TPSA) is 79.3 Å². The van der Waals surface area contributed by atoms with Crippen LogP contribution in [0, 0.1) is 5.95 Å². The number of hydrogen-bond acceptors (Lipinski definition) is 3. The Labute approximate surface area is 118 Å². The molecule has 0 atom stereocenters. The second-order valence-corrected chi connectivity index (χ2v) is 4.21. The fraction of sp³-hybridized carbons (Fsp3) is 0. The second-order valence-electron chi connectivity index (χ2n) is 3.80. The molecular weight excluding hydrogens is 287 g/mol. The predicted octanol–water partition coefficient (Wildman–Crippen LogP) is 2.82. The van der Waals surface area contributed by atoms with E-state index in [0.29, 0.717) is 0 Å². The van der Waals surface area contributed by atoms with Crippen molar-refractivity contribution >= 4 is 29.2 Å². The summed E-state index contributed by atoms with van der Waals surface area (Å²) in [6, 6.07) is 7.67. The number of rotatable bonds is 3. The standard InChI is InChI=1S/C13H8ClFN2O3/c14-8-6-7(13(19)20)4-5-9(8)17-12(18)10-2-1-3-11(15)16-10/h1-6H,(H,17,18)(H,19,20). The normalized spacial score (nSPS) is 10.1. The van der Waals surface area contributed by atoms with Gasteiger partial charge in [-0.2, -0.15) is 4.39 Å². The van der Waals surface area contributed by atoms with Gasteiger partial charge in [0.25, 0.3) is 5.91 Å². The zero-order valence-corrected chi connectivity index (χ0v) is 10.7. The number of carbonyl (C=O) groups excluding carboxylic acids is 1. The van der Waals surface area contributed by atoms with Crippen LogP contribution in [0.25, 0.3) is 0 Å². The average molecular weight is 295 g/mol. The van der Waals surface area contributed by atoms with Crippen LogP contribution in [0.5, 0.6) is 0 Å². The highest BCUT2D eigenvalue weighted by molar-refractivity contribution is 6.34. The smallest absolute Gasteiger partial charge is 0.335 e. The molecule has 0 aliphatic heterocycles. The summed E-state index contributed by atoms with van der Waals surface area (Å²) >= 11 is 5.86. The molecule has 0 bridgehead atoms. The number of pyridine rings is 1. The number of benzene rings is 1. The highest BCUT2D eigenvalue weighted by atomic mass is 35.5. The first-order chi connectivity index (χ1) is 9.47. The Morgan fingerprint density at radius 3 is 2.60 bits per heavy atom. The maximum atomic E-state index is 12.9. The Hall–Kier alpha value is -2.47. The fourth-order valence-corrected chi connectivity index (χ4v) is 1.70. The number of carboxylic acid groups (broad SMARTS) is 1. The van der Waals surface area contributed by atoms with Gasteiger partial charge in [0.05, 0.1) is 16.3 Å². The van der Waals surface area contributed by atoms with E-state index in [-0.39, 0.29) is 22.0 Å². The van der Waals surface area contributed by atoms with Crippen LogP contribution in [0.4, 0.5) is 10.1 Å². The molecule has 1 amide bonds. The van der Waals surface area contributed by atoms with Gasteiger partial charge in [0.1, 0.15) is 5.69 Å². The maximum Gasteiger partial charge on any atom is 0.335 e. The Bertz CT molecular complexity index is 691.